The van der Waals surface area contributed by atoms with E-state index in [0.29, 0.717) is 11.9 Å². The smallest absolute Gasteiger partial charge is 0.254 e. The molecule has 1 saturated carbocycles. The summed E-state index contributed by atoms with van der Waals surface area (Å²) in [6.07, 6.45) is 5.07. The van der Waals surface area contributed by atoms with E-state index < -0.39 is 5.54 Å². The van der Waals surface area contributed by atoms with Gasteiger partial charge in [-0.2, -0.15) is 0 Å². The average molecular weight is 223 g/mol. The fourth-order valence-electron chi connectivity index (χ4n) is 2.90. The van der Waals surface area contributed by atoms with Gasteiger partial charge in [0.1, 0.15) is 5.54 Å². The zero-order chi connectivity index (χ0) is 11.8. The maximum absolute atomic E-state index is 11.9. The van der Waals surface area contributed by atoms with Crippen LogP contribution in [0.5, 0.6) is 0 Å². The number of nitrogens with zero attached hydrogens (tertiary/aromatic N) is 1. The van der Waals surface area contributed by atoms with E-state index in [1.165, 1.54) is 6.42 Å². The summed E-state index contributed by atoms with van der Waals surface area (Å²) in [5.41, 5.74) is 5.06. The Kier molecular flexibility index (Phi) is 2.91. The summed E-state index contributed by atoms with van der Waals surface area (Å²) in [7, 11) is 0. The van der Waals surface area contributed by atoms with Crippen molar-refractivity contribution in [3.05, 3.63) is 0 Å². The average Bonchev–Trinajstić information content (AvgIpc) is 2.37. The van der Waals surface area contributed by atoms with Crippen LogP contribution in [0.2, 0.25) is 0 Å². The molecule has 0 aromatic rings. The van der Waals surface area contributed by atoms with Crippen molar-refractivity contribution in [2.75, 3.05) is 0 Å². The molecule has 16 heavy (non-hydrogen) atoms. The van der Waals surface area contributed by atoms with Gasteiger partial charge in [-0.3, -0.25) is 10.1 Å². The normalized spacial score (nSPS) is 35.1. The highest BCUT2D eigenvalue weighted by Crippen LogP contribution is 2.37. The molecule has 0 radical (unpaired) electrons. The highest BCUT2D eigenvalue weighted by atomic mass is 16.2. The number of carbonyl (C=O) groups is 1. The van der Waals surface area contributed by atoms with E-state index in [0.717, 1.165) is 31.6 Å². The van der Waals surface area contributed by atoms with Gasteiger partial charge in [0.05, 0.1) is 0 Å². The van der Waals surface area contributed by atoms with Crippen LogP contribution in [0.4, 0.5) is 0 Å². The summed E-state index contributed by atoms with van der Waals surface area (Å²) >= 11 is 0. The highest BCUT2D eigenvalue weighted by Gasteiger charge is 2.44. The van der Waals surface area contributed by atoms with Crippen molar-refractivity contribution in [3.8, 4) is 0 Å². The quantitative estimate of drug-likeness (QED) is 0.705. The van der Waals surface area contributed by atoms with Crippen LogP contribution in [0.3, 0.4) is 0 Å². The molecule has 90 valence electrons. The number of carbonyl (C=O) groups excluding carboxylic acids is 1. The fourth-order valence-corrected chi connectivity index (χ4v) is 2.90. The maximum atomic E-state index is 11.9. The van der Waals surface area contributed by atoms with Crippen LogP contribution in [0.1, 0.15) is 46.0 Å². The summed E-state index contributed by atoms with van der Waals surface area (Å²) in [5.74, 6) is 1.73. The van der Waals surface area contributed by atoms with Crippen LogP contribution in [0, 0.1) is 11.8 Å². The number of hydrogen-bond donors (Lipinski definition) is 2. The fraction of sp³-hybridized carbons (Fsp3) is 0.833. The van der Waals surface area contributed by atoms with E-state index in [4.69, 9.17) is 5.73 Å². The summed E-state index contributed by atoms with van der Waals surface area (Å²) in [6, 6.07) is 0. The lowest BCUT2D eigenvalue weighted by molar-refractivity contribution is -0.124. The molecule has 0 aromatic carbocycles. The van der Waals surface area contributed by atoms with Crippen LogP contribution >= 0.6 is 0 Å². The van der Waals surface area contributed by atoms with Crippen LogP contribution in [0.25, 0.3) is 0 Å². The predicted molar refractivity (Wildman–Crippen MR) is 63.9 cm³/mol. The lowest BCUT2D eigenvalue weighted by Crippen LogP contribution is -2.40. The Labute approximate surface area is 96.7 Å². The molecule has 2 atom stereocenters. The number of rotatable bonds is 1. The third-order valence-electron chi connectivity index (χ3n) is 4.04. The molecule has 2 rings (SSSR count). The summed E-state index contributed by atoms with van der Waals surface area (Å²) in [6.45, 7) is 4.52. The van der Waals surface area contributed by atoms with Crippen molar-refractivity contribution in [2.45, 2.75) is 51.5 Å². The molecule has 1 heterocycles. The molecule has 1 spiro atoms. The molecular formula is C12H21N3O. The van der Waals surface area contributed by atoms with E-state index in [-0.39, 0.29) is 5.91 Å². The van der Waals surface area contributed by atoms with Gasteiger partial charge in [0.15, 0.2) is 5.96 Å². The second-order valence-corrected chi connectivity index (χ2v) is 5.42. The van der Waals surface area contributed by atoms with E-state index in [2.05, 4.69) is 24.2 Å². The van der Waals surface area contributed by atoms with Gasteiger partial charge < -0.3 is 5.73 Å². The Morgan fingerprint density at radius 2 is 2.19 bits per heavy atom. The Hall–Kier alpha value is -1.06. The van der Waals surface area contributed by atoms with Gasteiger partial charge in [-0.05, 0) is 31.1 Å². The highest BCUT2D eigenvalue weighted by molar-refractivity contribution is 6.06. The van der Waals surface area contributed by atoms with Crippen molar-refractivity contribution < 1.29 is 4.79 Å². The van der Waals surface area contributed by atoms with Crippen LogP contribution < -0.4 is 11.1 Å². The predicted octanol–water partition coefficient (Wildman–Crippen LogP) is 1.41. The molecular weight excluding hydrogens is 202 g/mol. The molecule has 1 aliphatic heterocycles. The Balaban J connectivity index is 2.11. The first-order valence-electron chi connectivity index (χ1n) is 6.20. The Morgan fingerprint density at radius 1 is 1.44 bits per heavy atom. The van der Waals surface area contributed by atoms with Crippen LogP contribution in [-0.4, -0.2) is 17.4 Å². The van der Waals surface area contributed by atoms with Crippen molar-refractivity contribution >= 4 is 11.9 Å². The molecule has 0 aromatic heterocycles. The number of hydrogen-bond acceptors (Lipinski definition) is 3. The standard InChI is InChI=1S/C12H21N3O/c1-8(2)9-4-3-6-12(7-5-9)10(16)14-11(13)15-12/h8-9H,3-7H2,1-2H3,(H3,13,14,15,16). The second kappa shape index (κ2) is 4.07. The molecule has 3 N–H and O–H groups in total. The van der Waals surface area contributed by atoms with Gasteiger partial charge in [-0.15, -0.1) is 0 Å². The number of nitrogens with two attached hydrogens (primary N) is 1. The zero-order valence-electron chi connectivity index (χ0n) is 10.1. The van der Waals surface area contributed by atoms with Gasteiger partial charge >= 0.3 is 0 Å². The maximum Gasteiger partial charge on any atom is 0.254 e. The van der Waals surface area contributed by atoms with Crippen molar-refractivity contribution in [2.24, 2.45) is 22.6 Å². The first-order valence-corrected chi connectivity index (χ1v) is 6.20. The SMILES string of the molecule is CC(C)C1CCCC2(CC1)N=C(N)NC2=O. The molecule has 4 heteroatoms. The molecule has 0 bridgehead atoms. The van der Waals surface area contributed by atoms with Gasteiger partial charge in [0, 0.05) is 0 Å². The zero-order valence-corrected chi connectivity index (χ0v) is 10.1. The van der Waals surface area contributed by atoms with Gasteiger partial charge in [0.2, 0.25) is 0 Å². The molecule has 2 aliphatic rings. The lowest BCUT2D eigenvalue weighted by atomic mass is 9.87. The second-order valence-electron chi connectivity index (χ2n) is 5.42. The Bertz CT molecular complexity index is 324. The molecule has 4 nitrogen and oxygen atoms in total. The largest absolute Gasteiger partial charge is 0.370 e. The number of guanidine groups is 1. The van der Waals surface area contributed by atoms with Gasteiger partial charge in [0.25, 0.3) is 5.91 Å². The van der Waals surface area contributed by atoms with Crippen molar-refractivity contribution in [1.29, 1.82) is 0 Å². The van der Waals surface area contributed by atoms with E-state index in [9.17, 15) is 4.79 Å². The molecule has 1 amide bonds. The lowest BCUT2D eigenvalue weighted by Gasteiger charge is -2.21. The molecule has 0 saturated heterocycles. The minimum absolute atomic E-state index is 0.00871. The van der Waals surface area contributed by atoms with Crippen LogP contribution in [-0.2, 0) is 4.79 Å². The Morgan fingerprint density at radius 3 is 2.75 bits per heavy atom. The molecule has 2 unspecified atom stereocenters. The third-order valence-corrected chi connectivity index (χ3v) is 4.04. The monoisotopic (exact) mass is 223 g/mol. The first-order chi connectivity index (χ1) is 7.53. The first kappa shape index (κ1) is 11.4. The third kappa shape index (κ3) is 1.93. The van der Waals surface area contributed by atoms with E-state index in [1.54, 1.807) is 0 Å². The molecule has 1 fully saturated rings. The number of nitrogens with one attached hydrogen (secondary N) is 1. The minimum atomic E-state index is -0.534. The van der Waals surface area contributed by atoms with Gasteiger partial charge in [-0.25, -0.2) is 4.99 Å². The summed E-state index contributed by atoms with van der Waals surface area (Å²) in [5, 5.41) is 2.64. The minimum Gasteiger partial charge on any atom is -0.370 e. The van der Waals surface area contributed by atoms with E-state index >= 15 is 0 Å². The van der Waals surface area contributed by atoms with Crippen LogP contribution in [0.15, 0.2) is 4.99 Å². The van der Waals surface area contributed by atoms with E-state index in [1.807, 2.05) is 0 Å². The number of amides is 1. The summed E-state index contributed by atoms with van der Waals surface area (Å²) in [4.78, 5) is 16.2. The van der Waals surface area contributed by atoms with Crippen molar-refractivity contribution in [3.63, 3.8) is 0 Å². The topological polar surface area (TPSA) is 67.5 Å². The van der Waals surface area contributed by atoms with Crippen molar-refractivity contribution in [1.82, 2.24) is 5.32 Å². The molecule has 1 aliphatic carbocycles. The number of aliphatic imine (C=N–C) groups is 1. The summed E-state index contributed by atoms with van der Waals surface area (Å²) < 4.78 is 0. The van der Waals surface area contributed by atoms with Gasteiger partial charge in [-0.1, -0.05) is 26.7 Å².